The van der Waals surface area contributed by atoms with Crippen LogP contribution in [0.2, 0.25) is 0 Å². The Balaban J connectivity index is 1.50. The number of carbonyl (C=O) groups is 1. The second-order valence-corrected chi connectivity index (χ2v) is 8.57. The molecule has 1 amide bonds. The summed E-state index contributed by atoms with van der Waals surface area (Å²) in [4.78, 5) is 15.0. The number of hydrogen-bond acceptors (Lipinski definition) is 5. The lowest BCUT2D eigenvalue weighted by molar-refractivity contribution is -0.131. The fraction of sp³-hybridized carbons (Fsp3) is 0.333. The van der Waals surface area contributed by atoms with Crippen LogP contribution < -0.4 is 0 Å². The number of fused-ring (bicyclic) bond motifs is 1. The third kappa shape index (κ3) is 3.80. The normalized spacial score (nSPS) is 14.6. The first kappa shape index (κ1) is 18.7. The minimum Gasteiger partial charge on any atom is -0.337 e. The summed E-state index contributed by atoms with van der Waals surface area (Å²) in [7, 11) is 0. The zero-order valence-corrected chi connectivity index (χ0v) is 17.1. The van der Waals surface area contributed by atoms with E-state index < -0.39 is 0 Å². The maximum Gasteiger partial charge on any atom is 0.236 e. The topological polar surface area (TPSA) is 63.9 Å². The van der Waals surface area contributed by atoms with E-state index >= 15 is 0 Å². The SMILES string of the molecule is Cc1cc(C)cc(-n2nnnc2S[C@@H](C)C(=O)N2CCc3ccccc3C2)c1. The Bertz CT molecular complexity index is 995. The molecule has 0 radical (unpaired) electrons. The Kier molecular flexibility index (Phi) is 5.17. The molecule has 0 fully saturated rings. The van der Waals surface area contributed by atoms with Gasteiger partial charge in [-0.05, 0) is 72.0 Å². The molecule has 0 aliphatic carbocycles. The van der Waals surface area contributed by atoms with Gasteiger partial charge in [-0.3, -0.25) is 4.79 Å². The highest BCUT2D eigenvalue weighted by molar-refractivity contribution is 8.00. The molecule has 0 N–H and O–H groups in total. The molecule has 1 atom stereocenters. The monoisotopic (exact) mass is 393 g/mol. The van der Waals surface area contributed by atoms with Crippen molar-refractivity contribution in [3.8, 4) is 5.69 Å². The molecule has 0 saturated carbocycles. The molecule has 0 unspecified atom stereocenters. The number of rotatable bonds is 4. The van der Waals surface area contributed by atoms with E-state index in [0.717, 1.165) is 29.8 Å². The van der Waals surface area contributed by atoms with Gasteiger partial charge in [-0.2, -0.15) is 4.68 Å². The highest BCUT2D eigenvalue weighted by Crippen LogP contribution is 2.27. The maximum absolute atomic E-state index is 13.0. The van der Waals surface area contributed by atoms with Crippen LogP contribution in [0.4, 0.5) is 0 Å². The fourth-order valence-corrected chi connectivity index (χ4v) is 4.53. The van der Waals surface area contributed by atoms with Crippen molar-refractivity contribution in [1.29, 1.82) is 0 Å². The number of thioether (sulfide) groups is 1. The lowest BCUT2D eigenvalue weighted by atomic mass is 10.00. The molecule has 1 aliphatic heterocycles. The lowest BCUT2D eigenvalue weighted by Gasteiger charge is -2.30. The third-order valence-electron chi connectivity index (χ3n) is 4.96. The van der Waals surface area contributed by atoms with Gasteiger partial charge in [0.1, 0.15) is 0 Å². The summed E-state index contributed by atoms with van der Waals surface area (Å²) < 4.78 is 1.71. The van der Waals surface area contributed by atoms with Crippen molar-refractivity contribution in [2.45, 2.75) is 44.1 Å². The fourth-order valence-electron chi connectivity index (χ4n) is 3.64. The predicted molar refractivity (Wildman–Crippen MR) is 110 cm³/mol. The van der Waals surface area contributed by atoms with Crippen LogP contribution in [0.5, 0.6) is 0 Å². The van der Waals surface area contributed by atoms with Gasteiger partial charge in [0, 0.05) is 13.1 Å². The van der Waals surface area contributed by atoms with Crippen LogP contribution in [0.3, 0.4) is 0 Å². The molecule has 0 saturated heterocycles. The highest BCUT2D eigenvalue weighted by Gasteiger charge is 2.26. The molecule has 7 heteroatoms. The van der Waals surface area contributed by atoms with E-state index in [0.29, 0.717) is 11.7 Å². The molecule has 2 heterocycles. The van der Waals surface area contributed by atoms with Crippen molar-refractivity contribution in [3.05, 3.63) is 64.7 Å². The van der Waals surface area contributed by atoms with Crippen LogP contribution >= 0.6 is 11.8 Å². The second kappa shape index (κ2) is 7.75. The molecule has 0 spiro atoms. The molecule has 2 aromatic carbocycles. The van der Waals surface area contributed by atoms with Crippen LogP contribution in [0, 0.1) is 13.8 Å². The van der Waals surface area contributed by atoms with E-state index in [-0.39, 0.29) is 11.2 Å². The third-order valence-corrected chi connectivity index (χ3v) is 5.98. The first-order valence-electron chi connectivity index (χ1n) is 9.40. The Labute approximate surface area is 168 Å². The van der Waals surface area contributed by atoms with Crippen molar-refractivity contribution in [2.75, 3.05) is 6.54 Å². The van der Waals surface area contributed by atoms with Crippen molar-refractivity contribution in [1.82, 2.24) is 25.1 Å². The molecule has 4 rings (SSSR count). The Hall–Kier alpha value is -2.67. The predicted octanol–water partition coefficient (Wildman–Crippen LogP) is 3.34. The molecule has 0 bridgehead atoms. The van der Waals surface area contributed by atoms with E-state index in [4.69, 9.17) is 0 Å². The quantitative estimate of drug-likeness (QED) is 0.636. The molecule has 1 aromatic heterocycles. The number of nitrogens with zero attached hydrogens (tertiary/aromatic N) is 5. The van der Waals surface area contributed by atoms with Gasteiger partial charge < -0.3 is 4.90 Å². The highest BCUT2D eigenvalue weighted by atomic mass is 32.2. The molecule has 1 aliphatic rings. The van der Waals surface area contributed by atoms with Crippen LogP contribution in [-0.2, 0) is 17.8 Å². The summed E-state index contributed by atoms with van der Waals surface area (Å²) in [6.07, 6.45) is 0.902. The number of aryl methyl sites for hydroxylation is 2. The van der Waals surface area contributed by atoms with Crippen LogP contribution in [0.25, 0.3) is 5.69 Å². The maximum atomic E-state index is 13.0. The van der Waals surface area contributed by atoms with Gasteiger partial charge in [-0.1, -0.05) is 42.1 Å². The Morgan fingerprint density at radius 2 is 1.82 bits per heavy atom. The molecular formula is C21H23N5OS. The number of carbonyl (C=O) groups excluding carboxylic acids is 1. The molecule has 28 heavy (non-hydrogen) atoms. The van der Waals surface area contributed by atoms with Gasteiger partial charge in [-0.25, -0.2) is 0 Å². The summed E-state index contributed by atoms with van der Waals surface area (Å²) in [5.74, 6) is 0.120. The second-order valence-electron chi connectivity index (χ2n) is 7.26. The molecule has 3 aromatic rings. The summed E-state index contributed by atoms with van der Waals surface area (Å²) in [5, 5.41) is 12.5. The van der Waals surface area contributed by atoms with Crippen molar-refractivity contribution >= 4 is 17.7 Å². The first-order valence-corrected chi connectivity index (χ1v) is 10.3. The summed E-state index contributed by atoms with van der Waals surface area (Å²) in [6, 6.07) is 14.5. The Morgan fingerprint density at radius 1 is 1.11 bits per heavy atom. The number of tetrazole rings is 1. The summed E-state index contributed by atoms with van der Waals surface area (Å²) in [6.45, 7) is 7.45. The number of benzene rings is 2. The smallest absolute Gasteiger partial charge is 0.236 e. The lowest BCUT2D eigenvalue weighted by Crippen LogP contribution is -2.40. The van der Waals surface area contributed by atoms with E-state index in [1.165, 1.54) is 22.9 Å². The summed E-state index contributed by atoms with van der Waals surface area (Å²) >= 11 is 1.40. The van der Waals surface area contributed by atoms with Crippen molar-refractivity contribution in [2.24, 2.45) is 0 Å². The van der Waals surface area contributed by atoms with E-state index in [2.05, 4.69) is 39.8 Å². The van der Waals surface area contributed by atoms with E-state index in [1.807, 2.05) is 43.9 Å². The average molecular weight is 394 g/mol. The molecule has 144 valence electrons. The van der Waals surface area contributed by atoms with Crippen LogP contribution in [-0.4, -0.2) is 42.8 Å². The minimum atomic E-state index is -0.263. The van der Waals surface area contributed by atoms with Crippen LogP contribution in [0.1, 0.15) is 29.2 Å². The van der Waals surface area contributed by atoms with E-state index in [1.54, 1.807) is 4.68 Å². The minimum absolute atomic E-state index is 0.120. The first-order chi connectivity index (χ1) is 13.5. The number of amides is 1. The zero-order valence-electron chi connectivity index (χ0n) is 16.3. The Morgan fingerprint density at radius 3 is 2.57 bits per heavy atom. The van der Waals surface area contributed by atoms with E-state index in [9.17, 15) is 4.79 Å². The largest absolute Gasteiger partial charge is 0.337 e. The number of hydrogen-bond donors (Lipinski definition) is 0. The van der Waals surface area contributed by atoms with Gasteiger partial charge in [0.2, 0.25) is 11.1 Å². The number of aromatic nitrogens is 4. The van der Waals surface area contributed by atoms with Gasteiger partial charge in [0.25, 0.3) is 0 Å². The van der Waals surface area contributed by atoms with Crippen molar-refractivity contribution in [3.63, 3.8) is 0 Å². The van der Waals surface area contributed by atoms with Gasteiger partial charge >= 0.3 is 0 Å². The zero-order chi connectivity index (χ0) is 19.7. The molecular weight excluding hydrogens is 370 g/mol. The average Bonchev–Trinajstić information content (AvgIpc) is 3.14. The van der Waals surface area contributed by atoms with Crippen molar-refractivity contribution < 1.29 is 4.79 Å². The molecule has 6 nitrogen and oxygen atoms in total. The van der Waals surface area contributed by atoms with Gasteiger partial charge in [-0.15, -0.1) is 5.10 Å². The summed E-state index contributed by atoms with van der Waals surface area (Å²) in [5.41, 5.74) is 5.79. The van der Waals surface area contributed by atoms with Crippen LogP contribution in [0.15, 0.2) is 47.6 Å². The van der Waals surface area contributed by atoms with Gasteiger partial charge in [0.05, 0.1) is 10.9 Å². The van der Waals surface area contributed by atoms with Gasteiger partial charge in [0.15, 0.2) is 0 Å². The standard InChI is InChI=1S/C21H23N5OS/c1-14-10-15(2)12-19(11-14)26-21(22-23-24-26)28-16(3)20(27)25-9-8-17-6-4-5-7-18(17)13-25/h4-7,10-12,16H,8-9,13H2,1-3H3/t16-/m0/s1.